The second-order valence-corrected chi connectivity index (χ2v) is 25.7. The summed E-state index contributed by atoms with van der Waals surface area (Å²) in [5, 5.41) is 26.0. The van der Waals surface area contributed by atoms with Gasteiger partial charge in [0.2, 0.25) is 5.79 Å². The number of pyridine rings is 1. The highest BCUT2D eigenvalue weighted by Gasteiger charge is 2.53. The third-order valence-electron chi connectivity index (χ3n) is 18.6. The summed E-state index contributed by atoms with van der Waals surface area (Å²) >= 11 is 0. The Labute approximate surface area is 503 Å². The second kappa shape index (κ2) is 30.0. The lowest BCUT2D eigenvalue weighted by Gasteiger charge is -2.43. The zero-order valence-electron chi connectivity index (χ0n) is 52.3. The number of aliphatic hydroxyl groups excluding tert-OH is 1. The van der Waals surface area contributed by atoms with Gasteiger partial charge in [-0.2, -0.15) is 0 Å². The Morgan fingerprint density at radius 3 is 2.21 bits per heavy atom. The molecule has 1 aromatic heterocycles. The van der Waals surface area contributed by atoms with Crippen LogP contribution < -0.4 is 9.63 Å². The first-order valence-electron chi connectivity index (χ1n) is 30.9. The van der Waals surface area contributed by atoms with Crippen molar-refractivity contribution in [3.63, 3.8) is 0 Å². The van der Waals surface area contributed by atoms with Gasteiger partial charge in [0.05, 0.1) is 30.0 Å². The summed E-state index contributed by atoms with van der Waals surface area (Å²) in [6, 6.07) is 13.9. The van der Waals surface area contributed by atoms with E-state index in [2.05, 4.69) is 13.0 Å². The van der Waals surface area contributed by atoms with Gasteiger partial charge in [-0.15, -0.1) is 0 Å². The number of aromatic nitrogens is 1. The van der Waals surface area contributed by atoms with Gasteiger partial charge in [-0.3, -0.25) is 28.8 Å². The van der Waals surface area contributed by atoms with Gasteiger partial charge in [-0.1, -0.05) is 77.1 Å². The largest absolute Gasteiger partial charge is 0.460 e. The number of anilines is 1. The number of piperidine rings is 1. The molecule has 2 N–H and O–H groups in total. The number of ketones is 3. The fourth-order valence-corrected chi connectivity index (χ4v) is 13.2. The van der Waals surface area contributed by atoms with E-state index in [9.17, 15) is 39.0 Å². The van der Waals surface area contributed by atoms with Crippen LogP contribution in [0.1, 0.15) is 139 Å². The van der Waals surface area contributed by atoms with E-state index < -0.39 is 107 Å². The van der Waals surface area contributed by atoms with E-state index in [1.54, 1.807) is 41.1 Å². The zero-order chi connectivity index (χ0) is 61.9. The summed E-state index contributed by atoms with van der Waals surface area (Å²) in [5.41, 5.74) is 1.14. The number of hydrogen-bond donors (Lipinski definition) is 2. The fourth-order valence-electron chi connectivity index (χ4n) is 13.2. The van der Waals surface area contributed by atoms with Crippen molar-refractivity contribution in [3.8, 4) is 0 Å². The van der Waals surface area contributed by atoms with Gasteiger partial charge in [-0.05, 0) is 139 Å². The average molecular weight is 1180 g/mol. The van der Waals surface area contributed by atoms with Crippen LogP contribution in [0, 0.1) is 40.9 Å². The minimum Gasteiger partial charge on any atom is -0.460 e. The number of aliphatic hydroxyl groups is 2. The molecule has 1 amide bonds. The summed E-state index contributed by atoms with van der Waals surface area (Å²) in [6.07, 6.45) is 9.85. The number of Topliss-reactive ketones (excluding diaryl/α,β-unsaturated/α-hetero) is 3. The lowest BCUT2D eigenvalue weighted by atomic mass is 9.78. The minimum absolute atomic E-state index is 0.0178. The number of ether oxygens (including phenoxy) is 6. The topological polar surface area (TPSA) is 218 Å². The first-order chi connectivity index (χ1) is 40.4. The number of rotatable bonds is 11. The molecule has 0 spiro atoms. The Morgan fingerprint density at radius 1 is 0.824 bits per heavy atom. The molecule has 3 fully saturated rings. The van der Waals surface area contributed by atoms with Gasteiger partial charge in [0.15, 0.2) is 24.7 Å². The summed E-state index contributed by atoms with van der Waals surface area (Å²) < 4.78 is 38.6. The maximum absolute atomic E-state index is 14.8. The molecule has 5 aliphatic heterocycles. The van der Waals surface area contributed by atoms with Gasteiger partial charge in [-0.25, -0.2) is 14.4 Å². The molecular formula is C67H96N3O15+. The molecular weight excluding hydrogens is 1090 g/mol. The van der Waals surface area contributed by atoms with Crippen molar-refractivity contribution in [3.05, 3.63) is 96.4 Å². The summed E-state index contributed by atoms with van der Waals surface area (Å²) in [6.45, 7) is 16.9. The smallest absolute Gasteiger partial charge is 0.329 e. The molecule has 2 saturated heterocycles. The number of carbonyl (C=O) groups is 6. The number of hydroxylamine groups is 1. The number of para-hydroxylation sites is 1. The third kappa shape index (κ3) is 16.6. The second-order valence-electron chi connectivity index (χ2n) is 25.7. The van der Waals surface area contributed by atoms with Gasteiger partial charge < -0.3 is 43.5 Å². The first kappa shape index (κ1) is 67.0. The molecule has 2 aromatic rings. The first-order valence-corrected chi connectivity index (χ1v) is 30.9. The number of methoxy groups -OCH3 is 3. The number of amides is 1. The van der Waals surface area contributed by atoms with Crippen LogP contribution in [0.3, 0.4) is 0 Å². The number of esters is 2. The standard InChI is InChI=1S/C67H96N3O15/c1-41-33-45(5)59(72)61(81-12)60(73)46(6)34-42(2)54(71)39-57(43(3)35-48-25-29-55(58(37-48)80-11)83-65(77)66(8,9)40-68-30-18-14-19-31-68)82-64(76)53-23-17-20-32-69(53)63(75)62(74)67(78)47(7)24-26-50(84-67)38-56(79-10)44(4)36-51-27-28-52(41)70(85-51)49-21-15-13-16-22-49/h13-16,18-19,21-22,27-28,30-31,34,36,41-43,45,47-48,50-53,55-58,60-61,73,78H,17,20,23-26,29,32-33,35,37-40H2,1-12H3/q+1/b44-36?,46-34+/t41-,42+,43+,45+,47+,48-,50-,51?,52?,53-,55+,56-,57-,58+,60+,61-,67+/m0/s1. The Hall–Kier alpha value is -5.47. The van der Waals surface area contributed by atoms with Crippen LogP contribution in [0.4, 0.5) is 5.69 Å². The molecule has 8 rings (SSSR count). The van der Waals surface area contributed by atoms with Gasteiger partial charge in [0, 0.05) is 70.6 Å². The van der Waals surface area contributed by atoms with Crippen LogP contribution in [-0.2, 0) is 68.6 Å². The highest BCUT2D eigenvalue weighted by Crippen LogP contribution is 2.40. The Morgan fingerprint density at radius 2 is 1.53 bits per heavy atom. The molecule has 6 heterocycles. The van der Waals surface area contributed by atoms with Crippen molar-refractivity contribution < 1.29 is 76.8 Å². The number of fused-ring (bicyclic) bond motifs is 16. The van der Waals surface area contributed by atoms with E-state index in [0.29, 0.717) is 69.9 Å². The Bertz CT molecular complexity index is 2700. The van der Waals surface area contributed by atoms with E-state index in [1.165, 1.54) is 12.0 Å². The SMILES string of the molecule is CO[C@H]1C[C@@H]2CC[C@@H](C)[C@@](O)(O2)C(=O)C(=O)N2CCCC[C@H]2C(=O)O[C@H]([C@H](C)C[C@@H]2CC[C@@H](OC(=O)C(C)(C)C[n+]3ccccc3)[C@H](OC)C2)CC(=O)[C@H](C)/C=C(\C)[C@@H](O)[C@@H](OC)C(=O)[C@H](C)C[C@H](C)C2C=CC(C=C1C)ON2c1ccccc1. The lowest BCUT2D eigenvalue weighted by molar-refractivity contribution is -0.706. The van der Waals surface area contributed by atoms with E-state index in [1.807, 2.05) is 117 Å². The van der Waals surface area contributed by atoms with Crippen LogP contribution in [0.15, 0.2) is 96.4 Å². The zero-order valence-corrected chi connectivity index (χ0v) is 52.3. The van der Waals surface area contributed by atoms with Crippen molar-refractivity contribution in [2.24, 2.45) is 40.9 Å². The van der Waals surface area contributed by atoms with Gasteiger partial charge in [0.25, 0.3) is 11.7 Å². The van der Waals surface area contributed by atoms with E-state index >= 15 is 0 Å². The maximum atomic E-state index is 14.8. The van der Waals surface area contributed by atoms with Crippen LogP contribution in [-0.4, -0.2) is 145 Å². The van der Waals surface area contributed by atoms with Crippen LogP contribution in [0.5, 0.6) is 0 Å². The predicted molar refractivity (Wildman–Crippen MR) is 318 cm³/mol. The molecule has 1 aromatic carbocycles. The number of hydrogen-bond acceptors (Lipinski definition) is 16. The molecule has 6 aliphatic rings. The van der Waals surface area contributed by atoms with Crippen LogP contribution in [0.25, 0.3) is 0 Å². The number of benzene rings is 1. The molecule has 1 aliphatic carbocycles. The lowest BCUT2D eigenvalue weighted by Crippen LogP contribution is -2.61. The Kier molecular flexibility index (Phi) is 23.6. The predicted octanol–water partition coefficient (Wildman–Crippen LogP) is 8.38. The molecule has 17 atom stereocenters. The molecule has 468 valence electrons. The van der Waals surface area contributed by atoms with Crippen LogP contribution in [0.2, 0.25) is 0 Å². The van der Waals surface area contributed by atoms with Gasteiger partial charge >= 0.3 is 11.9 Å². The molecule has 0 radical (unpaired) electrons. The fraction of sp³-hybridized carbons (Fsp3) is 0.657. The van der Waals surface area contributed by atoms with Crippen molar-refractivity contribution in [2.45, 2.75) is 213 Å². The Balaban J connectivity index is 1.17. The van der Waals surface area contributed by atoms with Crippen molar-refractivity contribution >= 4 is 40.9 Å². The molecule has 18 heteroatoms. The molecule has 85 heavy (non-hydrogen) atoms. The van der Waals surface area contributed by atoms with Crippen molar-refractivity contribution in [1.29, 1.82) is 0 Å². The van der Waals surface area contributed by atoms with E-state index in [-0.39, 0.29) is 61.2 Å². The monoisotopic (exact) mass is 1180 g/mol. The molecule has 4 bridgehead atoms. The highest BCUT2D eigenvalue weighted by atomic mass is 16.7. The van der Waals surface area contributed by atoms with E-state index in [4.69, 9.17) is 33.3 Å². The summed E-state index contributed by atoms with van der Waals surface area (Å²) in [7, 11) is 4.55. The number of allylic oxidation sites excluding steroid dienone is 1. The van der Waals surface area contributed by atoms with E-state index in [0.717, 1.165) is 11.3 Å². The number of carbonyl (C=O) groups excluding carboxylic acids is 6. The number of nitrogens with zero attached hydrogens (tertiary/aromatic N) is 3. The average Bonchev–Trinajstić information content (AvgIpc) is 1.98. The van der Waals surface area contributed by atoms with Crippen LogP contribution >= 0.6 is 0 Å². The van der Waals surface area contributed by atoms with Gasteiger partial charge in [0.1, 0.15) is 47.8 Å². The summed E-state index contributed by atoms with van der Waals surface area (Å²) in [4.78, 5) is 94.5. The molecule has 1 saturated carbocycles. The van der Waals surface area contributed by atoms with Crippen molar-refractivity contribution in [2.75, 3.05) is 32.9 Å². The third-order valence-corrected chi connectivity index (χ3v) is 18.6. The molecule has 2 unspecified atom stereocenters. The minimum atomic E-state index is -2.50. The van der Waals surface area contributed by atoms with Crippen molar-refractivity contribution in [1.82, 2.24) is 4.90 Å². The normalized spacial score (nSPS) is 34.8. The highest BCUT2D eigenvalue weighted by molar-refractivity contribution is 6.39. The summed E-state index contributed by atoms with van der Waals surface area (Å²) in [5.74, 6) is -9.11. The quantitative estimate of drug-likeness (QED) is 0.0934. The molecule has 18 nitrogen and oxygen atoms in total. The maximum Gasteiger partial charge on any atom is 0.329 e.